The van der Waals surface area contributed by atoms with Crippen molar-refractivity contribution in [3.8, 4) is 5.75 Å². The Hall–Kier alpha value is -2.00. The number of rotatable bonds is 4. The smallest absolute Gasteiger partial charge is 0.265 e. The number of amides is 1. The van der Waals surface area contributed by atoms with Crippen molar-refractivity contribution in [3.05, 3.63) is 58.6 Å². The molecule has 0 saturated carbocycles. The van der Waals surface area contributed by atoms with E-state index < -0.39 is 6.10 Å². The van der Waals surface area contributed by atoms with E-state index >= 15 is 0 Å². The van der Waals surface area contributed by atoms with Crippen molar-refractivity contribution < 1.29 is 9.53 Å². The molecule has 1 unspecified atom stereocenters. The number of carbonyl (C=O) groups excluding carboxylic acids is 1. The number of halogens is 1. The minimum atomic E-state index is -0.591. The largest absolute Gasteiger partial charge is 0.481 e. The van der Waals surface area contributed by atoms with E-state index in [-0.39, 0.29) is 5.91 Å². The second kappa shape index (κ2) is 6.41. The Morgan fingerprint density at radius 1 is 1.18 bits per heavy atom. The number of fused-ring (bicyclic) bond motifs is 1. The summed E-state index contributed by atoms with van der Waals surface area (Å²) in [6.45, 7) is 1.73. The molecular weight excluding hydrogens is 298 g/mol. The van der Waals surface area contributed by atoms with E-state index in [0.29, 0.717) is 10.8 Å². The highest BCUT2D eigenvalue weighted by Crippen LogP contribution is 2.25. The average molecular weight is 316 g/mol. The van der Waals surface area contributed by atoms with Crippen LogP contribution in [0.5, 0.6) is 5.75 Å². The fraction of sp³-hybridized carbons (Fsp3) is 0.278. The molecule has 2 aromatic rings. The number of ether oxygens (including phenoxy) is 1. The van der Waals surface area contributed by atoms with Crippen LogP contribution in [0.3, 0.4) is 0 Å². The van der Waals surface area contributed by atoms with Gasteiger partial charge in [0.15, 0.2) is 6.10 Å². The van der Waals surface area contributed by atoms with Gasteiger partial charge in [0.25, 0.3) is 5.91 Å². The third-order valence-electron chi connectivity index (χ3n) is 3.84. The van der Waals surface area contributed by atoms with Crippen LogP contribution in [0.4, 0.5) is 5.69 Å². The summed E-state index contributed by atoms with van der Waals surface area (Å²) in [5.74, 6) is 0.419. The molecule has 0 aliphatic heterocycles. The standard InChI is InChI=1S/C18H18ClNO2/c1-12(22-17-7-3-6-15(19)11-17)18(21)20-16-9-8-13-4-2-5-14(13)10-16/h3,6-12H,2,4-5H2,1H3,(H,20,21). The molecule has 1 atom stereocenters. The fourth-order valence-electron chi connectivity index (χ4n) is 2.69. The van der Waals surface area contributed by atoms with E-state index in [1.54, 1.807) is 31.2 Å². The monoisotopic (exact) mass is 315 g/mol. The number of benzene rings is 2. The highest BCUT2D eigenvalue weighted by Gasteiger charge is 2.16. The predicted octanol–water partition coefficient (Wildman–Crippen LogP) is 4.23. The molecule has 3 nitrogen and oxygen atoms in total. The molecule has 0 fully saturated rings. The van der Waals surface area contributed by atoms with Crippen molar-refractivity contribution in [2.75, 3.05) is 5.32 Å². The maximum absolute atomic E-state index is 12.2. The number of hydrogen-bond donors (Lipinski definition) is 1. The third kappa shape index (κ3) is 3.42. The number of hydrogen-bond acceptors (Lipinski definition) is 2. The van der Waals surface area contributed by atoms with Gasteiger partial charge in [-0.3, -0.25) is 4.79 Å². The van der Waals surface area contributed by atoms with Crippen LogP contribution in [-0.2, 0) is 17.6 Å². The van der Waals surface area contributed by atoms with Crippen molar-refractivity contribution >= 4 is 23.2 Å². The zero-order valence-corrected chi connectivity index (χ0v) is 13.2. The van der Waals surface area contributed by atoms with Gasteiger partial charge in [-0.05, 0) is 67.6 Å². The van der Waals surface area contributed by atoms with Gasteiger partial charge < -0.3 is 10.1 Å². The topological polar surface area (TPSA) is 38.3 Å². The first-order valence-corrected chi connectivity index (χ1v) is 7.84. The first kappa shape index (κ1) is 14.9. The normalized spacial score (nSPS) is 14.3. The molecule has 2 aromatic carbocycles. The summed E-state index contributed by atoms with van der Waals surface area (Å²) in [6.07, 6.45) is 2.83. The van der Waals surface area contributed by atoms with E-state index in [0.717, 1.165) is 18.5 Å². The lowest BCUT2D eigenvalue weighted by Crippen LogP contribution is -2.30. The maximum Gasteiger partial charge on any atom is 0.265 e. The van der Waals surface area contributed by atoms with Gasteiger partial charge >= 0.3 is 0 Å². The first-order valence-electron chi connectivity index (χ1n) is 7.47. The summed E-state index contributed by atoms with van der Waals surface area (Å²) in [5.41, 5.74) is 3.55. The van der Waals surface area contributed by atoms with E-state index in [4.69, 9.17) is 16.3 Å². The summed E-state index contributed by atoms with van der Waals surface area (Å²) in [4.78, 5) is 12.2. The van der Waals surface area contributed by atoms with Crippen molar-refractivity contribution in [1.82, 2.24) is 0 Å². The van der Waals surface area contributed by atoms with Crippen LogP contribution < -0.4 is 10.1 Å². The third-order valence-corrected chi connectivity index (χ3v) is 4.08. The van der Waals surface area contributed by atoms with Crippen LogP contribution >= 0.6 is 11.6 Å². The minimum Gasteiger partial charge on any atom is -0.481 e. The quantitative estimate of drug-likeness (QED) is 0.916. The van der Waals surface area contributed by atoms with Crippen LogP contribution in [0.25, 0.3) is 0 Å². The van der Waals surface area contributed by atoms with E-state index in [9.17, 15) is 4.79 Å². The molecular formula is C18H18ClNO2. The number of aryl methyl sites for hydroxylation is 2. The number of nitrogens with one attached hydrogen (secondary N) is 1. The van der Waals surface area contributed by atoms with Crippen LogP contribution in [0.2, 0.25) is 5.02 Å². The minimum absolute atomic E-state index is 0.169. The second-order valence-electron chi connectivity index (χ2n) is 5.54. The molecule has 1 N–H and O–H groups in total. The summed E-state index contributed by atoms with van der Waals surface area (Å²) in [5, 5.41) is 3.50. The van der Waals surface area contributed by atoms with Gasteiger partial charge in [-0.1, -0.05) is 23.7 Å². The number of carbonyl (C=O) groups is 1. The Labute approximate surface area is 135 Å². The highest BCUT2D eigenvalue weighted by molar-refractivity contribution is 6.30. The van der Waals surface area contributed by atoms with Crippen LogP contribution in [-0.4, -0.2) is 12.0 Å². The molecule has 0 saturated heterocycles. The van der Waals surface area contributed by atoms with Crippen LogP contribution in [0.1, 0.15) is 24.5 Å². The molecule has 0 heterocycles. The lowest BCUT2D eigenvalue weighted by atomic mass is 10.1. The van der Waals surface area contributed by atoms with E-state index in [1.165, 1.54) is 17.5 Å². The van der Waals surface area contributed by atoms with Gasteiger partial charge in [-0.2, -0.15) is 0 Å². The van der Waals surface area contributed by atoms with Gasteiger partial charge in [0.1, 0.15) is 5.75 Å². The molecule has 4 heteroatoms. The lowest BCUT2D eigenvalue weighted by Gasteiger charge is -2.15. The SMILES string of the molecule is CC(Oc1cccc(Cl)c1)C(=O)Nc1ccc2c(c1)CCC2. The summed E-state index contributed by atoms with van der Waals surface area (Å²) in [7, 11) is 0. The van der Waals surface area contributed by atoms with E-state index in [1.807, 2.05) is 6.07 Å². The Balaban J connectivity index is 1.64. The van der Waals surface area contributed by atoms with Gasteiger partial charge in [-0.25, -0.2) is 0 Å². The Morgan fingerprint density at radius 2 is 2.00 bits per heavy atom. The average Bonchev–Trinajstić information content (AvgIpc) is 2.94. The molecule has 1 amide bonds. The predicted molar refractivity (Wildman–Crippen MR) is 88.6 cm³/mol. The molecule has 1 aliphatic carbocycles. The first-order chi connectivity index (χ1) is 10.6. The Kier molecular flexibility index (Phi) is 4.34. The Morgan fingerprint density at radius 3 is 2.82 bits per heavy atom. The Bertz CT molecular complexity index is 699. The lowest BCUT2D eigenvalue weighted by molar-refractivity contribution is -0.122. The van der Waals surface area contributed by atoms with Crippen molar-refractivity contribution in [1.29, 1.82) is 0 Å². The molecule has 0 radical (unpaired) electrons. The summed E-state index contributed by atoms with van der Waals surface area (Å²) in [6, 6.07) is 13.2. The molecule has 1 aliphatic rings. The van der Waals surface area contributed by atoms with Crippen molar-refractivity contribution in [2.45, 2.75) is 32.3 Å². The zero-order chi connectivity index (χ0) is 15.5. The maximum atomic E-state index is 12.2. The van der Waals surface area contributed by atoms with E-state index in [2.05, 4.69) is 17.4 Å². The van der Waals surface area contributed by atoms with Gasteiger partial charge in [0.05, 0.1) is 0 Å². The second-order valence-corrected chi connectivity index (χ2v) is 5.98. The van der Waals surface area contributed by atoms with Crippen molar-refractivity contribution in [3.63, 3.8) is 0 Å². The zero-order valence-electron chi connectivity index (χ0n) is 12.4. The van der Waals surface area contributed by atoms with Gasteiger partial charge in [0.2, 0.25) is 0 Å². The van der Waals surface area contributed by atoms with Gasteiger partial charge in [0, 0.05) is 10.7 Å². The summed E-state index contributed by atoms with van der Waals surface area (Å²) < 4.78 is 5.63. The summed E-state index contributed by atoms with van der Waals surface area (Å²) >= 11 is 5.91. The molecule has 22 heavy (non-hydrogen) atoms. The molecule has 0 bridgehead atoms. The van der Waals surface area contributed by atoms with Crippen LogP contribution in [0, 0.1) is 0 Å². The van der Waals surface area contributed by atoms with Crippen LogP contribution in [0.15, 0.2) is 42.5 Å². The molecule has 3 rings (SSSR count). The molecule has 0 aromatic heterocycles. The van der Waals surface area contributed by atoms with Gasteiger partial charge in [-0.15, -0.1) is 0 Å². The number of anilines is 1. The molecule has 114 valence electrons. The highest BCUT2D eigenvalue weighted by atomic mass is 35.5. The molecule has 0 spiro atoms. The van der Waals surface area contributed by atoms with Crippen molar-refractivity contribution in [2.24, 2.45) is 0 Å². The fourth-order valence-corrected chi connectivity index (χ4v) is 2.87.